The van der Waals surface area contributed by atoms with Gasteiger partial charge in [-0.1, -0.05) is 12.1 Å². The number of aliphatic hydroxyl groups excluding tert-OH is 4. The minimum atomic E-state index is -1.95. The number of ether oxygens (including phenoxy) is 4. The molecule has 0 radical (unpaired) electrons. The molecule has 35 heavy (non-hydrogen) atoms. The number of methoxy groups -OCH3 is 2. The maximum atomic E-state index is 11.0. The Morgan fingerprint density at radius 2 is 1.80 bits per heavy atom. The van der Waals surface area contributed by atoms with Crippen molar-refractivity contribution in [3.63, 3.8) is 0 Å². The van der Waals surface area contributed by atoms with Crippen molar-refractivity contribution in [1.82, 2.24) is 0 Å². The molecule has 2 fully saturated rings. The lowest BCUT2D eigenvalue weighted by Gasteiger charge is -2.48. The molecule has 0 amide bonds. The zero-order valence-electron chi connectivity index (χ0n) is 19.8. The molecule has 0 spiro atoms. The van der Waals surface area contributed by atoms with Crippen LogP contribution in [0.2, 0.25) is 0 Å². The summed E-state index contributed by atoms with van der Waals surface area (Å²) >= 11 is 0. The van der Waals surface area contributed by atoms with Gasteiger partial charge in [-0.25, -0.2) is 0 Å². The molecule has 188 valence electrons. The van der Waals surface area contributed by atoms with Crippen LogP contribution in [0.3, 0.4) is 0 Å². The molecule has 0 aromatic heterocycles. The lowest BCUT2D eigenvalue weighted by molar-refractivity contribution is -0.366. The van der Waals surface area contributed by atoms with Crippen molar-refractivity contribution in [2.45, 2.75) is 62.0 Å². The van der Waals surface area contributed by atoms with Crippen LogP contribution in [0.15, 0.2) is 36.4 Å². The van der Waals surface area contributed by atoms with Gasteiger partial charge < -0.3 is 39.4 Å². The van der Waals surface area contributed by atoms with Gasteiger partial charge >= 0.3 is 0 Å². The Morgan fingerprint density at radius 3 is 2.34 bits per heavy atom. The van der Waals surface area contributed by atoms with Gasteiger partial charge in [0.25, 0.3) is 0 Å². The summed E-state index contributed by atoms with van der Waals surface area (Å²) in [6.07, 6.45) is -3.06. The highest BCUT2D eigenvalue weighted by Crippen LogP contribution is 2.45. The number of nitriles is 1. The predicted octanol–water partition coefficient (Wildman–Crippen LogP) is 1.36. The summed E-state index contributed by atoms with van der Waals surface area (Å²) in [4.78, 5) is 0. The fourth-order valence-corrected chi connectivity index (χ4v) is 4.52. The van der Waals surface area contributed by atoms with Gasteiger partial charge in [-0.15, -0.1) is 0 Å². The number of rotatable bonds is 8. The van der Waals surface area contributed by atoms with Gasteiger partial charge in [0.1, 0.15) is 35.9 Å². The molecule has 1 unspecified atom stereocenters. The van der Waals surface area contributed by atoms with Crippen molar-refractivity contribution in [1.29, 1.82) is 5.26 Å². The summed E-state index contributed by atoms with van der Waals surface area (Å²) in [7, 11) is 2.89. The molecule has 1 aliphatic carbocycles. The van der Waals surface area contributed by atoms with Crippen molar-refractivity contribution in [3.05, 3.63) is 58.7 Å². The minimum Gasteiger partial charge on any atom is -0.497 e. The van der Waals surface area contributed by atoms with E-state index in [4.69, 9.17) is 18.9 Å². The zero-order chi connectivity index (χ0) is 25.2. The summed E-state index contributed by atoms with van der Waals surface area (Å²) in [5.74, 6) is -0.960. The predicted molar refractivity (Wildman–Crippen MR) is 124 cm³/mol. The van der Waals surface area contributed by atoms with Gasteiger partial charge in [-0.05, 0) is 61.1 Å². The van der Waals surface area contributed by atoms with Crippen LogP contribution in [-0.2, 0) is 21.7 Å². The third kappa shape index (κ3) is 4.74. The molecular formula is C26H31NO8. The Bertz CT molecular complexity index is 1060. The molecule has 1 heterocycles. The van der Waals surface area contributed by atoms with Gasteiger partial charge in [0, 0.05) is 7.11 Å². The topological polar surface area (TPSA) is 142 Å². The quantitative estimate of drug-likeness (QED) is 0.436. The lowest BCUT2D eigenvalue weighted by Crippen LogP contribution is -2.64. The maximum absolute atomic E-state index is 11.0. The second-order valence-corrected chi connectivity index (χ2v) is 8.95. The molecule has 0 bridgehead atoms. The van der Waals surface area contributed by atoms with Crippen molar-refractivity contribution in [3.8, 4) is 17.6 Å². The third-order valence-corrected chi connectivity index (χ3v) is 6.85. The standard InChI is InChI=1S/C26H31NO8/c1-32-18-8-6-15(7-9-18)10-16-11-20(21(12-17(16)13-27)34-19-4-3-5-19)26(33-2)25(31)24(30)23(29)22(14-28)35-26/h6-9,11-12,19,22-25,28-31H,3-5,10,14H2,1-2H3/t22?,23-,24+,25-,26+/m1/s1. The minimum absolute atomic E-state index is 0.0634. The average molecular weight is 486 g/mol. The number of nitrogens with zero attached hydrogens (tertiary/aromatic N) is 1. The van der Waals surface area contributed by atoms with Crippen LogP contribution in [0.5, 0.6) is 11.5 Å². The Labute approximate surface area is 204 Å². The van der Waals surface area contributed by atoms with Crippen LogP contribution in [0, 0.1) is 11.3 Å². The van der Waals surface area contributed by atoms with E-state index in [9.17, 15) is 25.7 Å². The Balaban J connectivity index is 1.83. The van der Waals surface area contributed by atoms with Crippen LogP contribution in [-0.4, -0.2) is 71.8 Å². The van der Waals surface area contributed by atoms with E-state index in [0.29, 0.717) is 23.3 Å². The molecule has 5 atom stereocenters. The number of aliphatic hydroxyl groups is 4. The first-order valence-corrected chi connectivity index (χ1v) is 11.6. The summed E-state index contributed by atoms with van der Waals surface area (Å²) < 4.78 is 23.0. The van der Waals surface area contributed by atoms with Crippen LogP contribution >= 0.6 is 0 Å². The molecule has 4 rings (SSSR count). The van der Waals surface area contributed by atoms with Gasteiger partial charge in [0.2, 0.25) is 5.79 Å². The third-order valence-electron chi connectivity index (χ3n) is 6.85. The monoisotopic (exact) mass is 485 g/mol. The molecule has 2 aromatic carbocycles. The molecule has 2 aliphatic rings. The fraction of sp³-hybridized carbons (Fsp3) is 0.500. The largest absolute Gasteiger partial charge is 0.497 e. The molecule has 1 aliphatic heterocycles. The highest BCUT2D eigenvalue weighted by atomic mass is 16.7. The second kappa shape index (κ2) is 10.5. The van der Waals surface area contributed by atoms with E-state index in [2.05, 4.69) is 6.07 Å². The smallest absolute Gasteiger partial charge is 0.228 e. The van der Waals surface area contributed by atoms with Crippen molar-refractivity contribution >= 4 is 0 Å². The van der Waals surface area contributed by atoms with Crippen LogP contribution in [0.1, 0.15) is 41.5 Å². The fourth-order valence-electron chi connectivity index (χ4n) is 4.52. The van der Waals surface area contributed by atoms with E-state index in [-0.39, 0.29) is 17.4 Å². The first kappa shape index (κ1) is 25.4. The lowest BCUT2D eigenvalue weighted by atomic mass is 9.85. The highest BCUT2D eigenvalue weighted by molar-refractivity contribution is 5.52. The van der Waals surface area contributed by atoms with Gasteiger partial charge in [0.15, 0.2) is 0 Å². The summed E-state index contributed by atoms with van der Waals surface area (Å²) in [5.41, 5.74) is 2.20. The van der Waals surface area contributed by atoms with E-state index >= 15 is 0 Å². The van der Waals surface area contributed by atoms with E-state index in [0.717, 1.165) is 24.8 Å². The maximum Gasteiger partial charge on any atom is 0.228 e. The van der Waals surface area contributed by atoms with E-state index < -0.39 is 36.8 Å². The molecule has 9 heteroatoms. The van der Waals surface area contributed by atoms with E-state index in [1.807, 2.05) is 24.3 Å². The van der Waals surface area contributed by atoms with Crippen molar-refractivity contribution in [2.24, 2.45) is 0 Å². The van der Waals surface area contributed by atoms with Crippen molar-refractivity contribution in [2.75, 3.05) is 20.8 Å². The van der Waals surface area contributed by atoms with Gasteiger partial charge in [-0.3, -0.25) is 0 Å². The Hall–Kier alpha value is -2.71. The average Bonchev–Trinajstić information content (AvgIpc) is 2.86. The second-order valence-electron chi connectivity index (χ2n) is 8.95. The molecule has 4 N–H and O–H groups in total. The number of benzene rings is 2. The van der Waals surface area contributed by atoms with Gasteiger partial charge in [0.05, 0.1) is 37.0 Å². The molecule has 9 nitrogen and oxygen atoms in total. The zero-order valence-corrected chi connectivity index (χ0v) is 19.8. The first-order chi connectivity index (χ1) is 16.9. The normalized spacial score (nSPS) is 28.7. The number of hydrogen-bond acceptors (Lipinski definition) is 9. The molecule has 1 saturated carbocycles. The van der Waals surface area contributed by atoms with Gasteiger partial charge in [-0.2, -0.15) is 5.26 Å². The summed E-state index contributed by atoms with van der Waals surface area (Å²) in [5, 5.41) is 51.6. The SMILES string of the molecule is COc1ccc(Cc2cc([C@]3(OC)OC(CO)[C@@H](O)[C@H](O)[C@H]3O)c(OC3CCC3)cc2C#N)cc1. The van der Waals surface area contributed by atoms with Crippen LogP contribution in [0.4, 0.5) is 0 Å². The van der Waals surface area contributed by atoms with Crippen LogP contribution in [0.25, 0.3) is 0 Å². The Kier molecular flexibility index (Phi) is 7.62. The summed E-state index contributed by atoms with van der Waals surface area (Å²) in [6.45, 7) is -0.607. The van der Waals surface area contributed by atoms with Crippen LogP contribution < -0.4 is 9.47 Å². The van der Waals surface area contributed by atoms with E-state index in [1.165, 1.54) is 7.11 Å². The summed E-state index contributed by atoms with van der Waals surface area (Å²) in [6, 6.07) is 12.9. The van der Waals surface area contributed by atoms with Crippen molar-refractivity contribution < 1.29 is 39.4 Å². The highest BCUT2D eigenvalue weighted by Gasteiger charge is 2.56. The van der Waals surface area contributed by atoms with E-state index in [1.54, 1.807) is 19.2 Å². The molecular weight excluding hydrogens is 454 g/mol. The Morgan fingerprint density at radius 1 is 1.09 bits per heavy atom. The first-order valence-electron chi connectivity index (χ1n) is 11.6. The molecule has 2 aromatic rings. The number of hydrogen-bond donors (Lipinski definition) is 4. The molecule has 1 saturated heterocycles.